The zero-order valence-electron chi connectivity index (χ0n) is 12.2. The molecular formula is C17H19NO3. The maximum absolute atomic E-state index is 10.8. The van der Waals surface area contributed by atoms with E-state index in [4.69, 9.17) is 9.47 Å². The van der Waals surface area contributed by atoms with Crippen molar-refractivity contribution in [2.75, 3.05) is 26.1 Å². The first kappa shape index (κ1) is 13.8. The lowest BCUT2D eigenvalue weighted by Gasteiger charge is -2.18. The smallest absolute Gasteiger partial charge is 0.128 e. The second-order valence-electron chi connectivity index (χ2n) is 5.07. The summed E-state index contributed by atoms with van der Waals surface area (Å²) in [7, 11) is 3.21. The third-order valence-corrected chi connectivity index (χ3v) is 3.91. The minimum absolute atomic E-state index is 0.623. The zero-order valence-corrected chi connectivity index (χ0v) is 12.2. The predicted octanol–water partition coefficient (Wildman–Crippen LogP) is 2.75. The second kappa shape index (κ2) is 5.66. The molecule has 0 aliphatic carbocycles. The topological polar surface area (TPSA) is 50.7 Å². The molecular weight excluding hydrogens is 266 g/mol. The van der Waals surface area contributed by atoms with Crippen LogP contribution < -0.4 is 14.8 Å². The number of aliphatic hydroxyl groups excluding tert-OH is 1. The number of methoxy groups -OCH3 is 2. The molecule has 4 heteroatoms. The van der Waals surface area contributed by atoms with E-state index >= 15 is 0 Å². The van der Waals surface area contributed by atoms with Gasteiger partial charge in [-0.2, -0.15) is 0 Å². The molecule has 2 aromatic carbocycles. The van der Waals surface area contributed by atoms with Crippen molar-refractivity contribution in [3.05, 3.63) is 53.1 Å². The number of nitrogens with one attached hydrogen (secondary N) is 1. The van der Waals surface area contributed by atoms with Gasteiger partial charge < -0.3 is 19.9 Å². The first-order chi connectivity index (χ1) is 10.2. The van der Waals surface area contributed by atoms with Gasteiger partial charge >= 0.3 is 0 Å². The Bertz CT molecular complexity index is 654. The van der Waals surface area contributed by atoms with Crippen LogP contribution in [0.15, 0.2) is 36.4 Å². The van der Waals surface area contributed by atoms with Crippen LogP contribution in [0.25, 0.3) is 0 Å². The summed E-state index contributed by atoms with van der Waals surface area (Å²) in [5.41, 5.74) is 3.91. The zero-order chi connectivity index (χ0) is 14.8. The third-order valence-electron chi connectivity index (χ3n) is 3.91. The van der Waals surface area contributed by atoms with Crippen LogP contribution in [0.5, 0.6) is 11.5 Å². The van der Waals surface area contributed by atoms with Crippen molar-refractivity contribution in [2.45, 2.75) is 12.5 Å². The van der Waals surface area contributed by atoms with Crippen molar-refractivity contribution in [1.82, 2.24) is 0 Å². The van der Waals surface area contributed by atoms with E-state index in [2.05, 4.69) is 11.4 Å². The Kier molecular flexibility index (Phi) is 3.71. The summed E-state index contributed by atoms with van der Waals surface area (Å²) in [4.78, 5) is 0. The third kappa shape index (κ3) is 2.43. The molecule has 1 aliphatic heterocycles. The Morgan fingerprint density at radius 1 is 1.10 bits per heavy atom. The molecule has 1 aliphatic rings. The molecule has 0 fully saturated rings. The lowest BCUT2D eigenvalue weighted by Crippen LogP contribution is -2.06. The lowest BCUT2D eigenvalue weighted by molar-refractivity contribution is 0.215. The van der Waals surface area contributed by atoms with E-state index in [1.54, 1.807) is 20.3 Å². The summed E-state index contributed by atoms with van der Waals surface area (Å²) >= 11 is 0. The molecule has 3 rings (SSSR count). The average Bonchev–Trinajstić information content (AvgIpc) is 3.02. The van der Waals surface area contributed by atoms with Gasteiger partial charge in [-0.1, -0.05) is 18.2 Å². The van der Waals surface area contributed by atoms with Crippen LogP contribution in [0.3, 0.4) is 0 Å². The summed E-state index contributed by atoms with van der Waals surface area (Å²) in [5.74, 6) is 1.33. The highest BCUT2D eigenvalue weighted by molar-refractivity contribution is 5.63. The Hall–Kier alpha value is -2.20. The highest BCUT2D eigenvalue weighted by atomic mass is 16.5. The monoisotopic (exact) mass is 285 g/mol. The fraction of sp³-hybridized carbons (Fsp3) is 0.294. The highest BCUT2D eigenvalue weighted by Gasteiger charge is 2.22. The summed E-state index contributed by atoms with van der Waals surface area (Å²) < 4.78 is 10.6. The van der Waals surface area contributed by atoms with Crippen LogP contribution in [-0.4, -0.2) is 25.9 Å². The SMILES string of the molecule is COc1ccc(C(O)c2cccc3c2NCC3)c(OC)c1. The molecule has 1 heterocycles. The fourth-order valence-electron chi connectivity index (χ4n) is 2.81. The molecule has 0 aromatic heterocycles. The van der Waals surface area contributed by atoms with Crippen molar-refractivity contribution < 1.29 is 14.6 Å². The quantitative estimate of drug-likeness (QED) is 0.907. The molecule has 21 heavy (non-hydrogen) atoms. The number of fused-ring (bicyclic) bond motifs is 1. The van der Waals surface area contributed by atoms with Crippen molar-refractivity contribution >= 4 is 5.69 Å². The molecule has 0 radical (unpaired) electrons. The van der Waals surface area contributed by atoms with Crippen LogP contribution >= 0.6 is 0 Å². The standard InChI is InChI=1S/C17H19NO3/c1-20-12-6-7-13(15(10-12)21-2)17(19)14-5-3-4-11-8-9-18-16(11)14/h3-7,10,17-19H,8-9H2,1-2H3. The number of para-hydroxylation sites is 1. The molecule has 2 aromatic rings. The van der Waals surface area contributed by atoms with Gasteiger partial charge in [0.15, 0.2) is 0 Å². The molecule has 2 N–H and O–H groups in total. The summed E-state index contributed by atoms with van der Waals surface area (Å²) in [5, 5.41) is 14.1. The van der Waals surface area contributed by atoms with Gasteiger partial charge in [-0.05, 0) is 24.1 Å². The number of rotatable bonds is 4. The molecule has 1 unspecified atom stereocenters. The normalized spacial score (nSPS) is 14.2. The maximum Gasteiger partial charge on any atom is 0.128 e. The van der Waals surface area contributed by atoms with Crippen LogP contribution in [0.1, 0.15) is 22.8 Å². The molecule has 0 bridgehead atoms. The van der Waals surface area contributed by atoms with E-state index in [1.807, 2.05) is 24.3 Å². The Labute approximate surface area is 124 Å². The molecule has 110 valence electrons. The van der Waals surface area contributed by atoms with Gasteiger partial charge in [-0.3, -0.25) is 0 Å². The minimum atomic E-state index is -0.730. The molecule has 0 amide bonds. The predicted molar refractivity (Wildman–Crippen MR) is 82.2 cm³/mol. The maximum atomic E-state index is 10.8. The number of aliphatic hydroxyl groups is 1. The van der Waals surface area contributed by atoms with Gasteiger partial charge in [0.25, 0.3) is 0 Å². The van der Waals surface area contributed by atoms with Gasteiger partial charge in [0.2, 0.25) is 0 Å². The summed E-state index contributed by atoms with van der Waals surface area (Å²) in [6, 6.07) is 11.5. The van der Waals surface area contributed by atoms with Crippen LogP contribution in [0, 0.1) is 0 Å². The van der Waals surface area contributed by atoms with Crippen molar-refractivity contribution in [3.8, 4) is 11.5 Å². The van der Waals surface area contributed by atoms with E-state index in [1.165, 1.54) is 5.56 Å². The second-order valence-corrected chi connectivity index (χ2v) is 5.07. The molecule has 0 saturated carbocycles. The van der Waals surface area contributed by atoms with Gasteiger partial charge in [-0.25, -0.2) is 0 Å². The molecule has 0 spiro atoms. The van der Waals surface area contributed by atoms with Crippen LogP contribution in [0.2, 0.25) is 0 Å². The fourth-order valence-corrected chi connectivity index (χ4v) is 2.81. The number of ether oxygens (including phenoxy) is 2. The van der Waals surface area contributed by atoms with Gasteiger partial charge in [0.05, 0.1) is 14.2 Å². The van der Waals surface area contributed by atoms with Crippen molar-refractivity contribution in [2.24, 2.45) is 0 Å². The lowest BCUT2D eigenvalue weighted by atomic mass is 9.97. The molecule has 1 atom stereocenters. The van der Waals surface area contributed by atoms with E-state index in [-0.39, 0.29) is 0 Å². The van der Waals surface area contributed by atoms with Crippen molar-refractivity contribution in [3.63, 3.8) is 0 Å². The largest absolute Gasteiger partial charge is 0.497 e. The van der Waals surface area contributed by atoms with Gasteiger partial charge in [-0.15, -0.1) is 0 Å². The van der Waals surface area contributed by atoms with Crippen LogP contribution in [-0.2, 0) is 6.42 Å². The average molecular weight is 285 g/mol. The number of benzene rings is 2. The van der Waals surface area contributed by atoms with E-state index in [0.717, 1.165) is 29.8 Å². The van der Waals surface area contributed by atoms with Gasteiger partial charge in [0.1, 0.15) is 17.6 Å². The first-order valence-electron chi connectivity index (χ1n) is 7.00. The van der Waals surface area contributed by atoms with E-state index < -0.39 is 6.10 Å². The summed E-state index contributed by atoms with van der Waals surface area (Å²) in [6.45, 7) is 0.915. The van der Waals surface area contributed by atoms with E-state index in [0.29, 0.717) is 11.5 Å². The summed E-state index contributed by atoms with van der Waals surface area (Å²) in [6.07, 6.45) is 0.265. The van der Waals surface area contributed by atoms with Crippen molar-refractivity contribution in [1.29, 1.82) is 0 Å². The Balaban J connectivity index is 2.03. The van der Waals surface area contributed by atoms with E-state index in [9.17, 15) is 5.11 Å². The number of hydrogen-bond acceptors (Lipinski definition) is 4. The van der Waals surface area contributed by atoms with Gasteiger partial charge in [0, 0.05) is 29.4 Å². The number of anilines is 1. The Morgan fingerprint density at radius 2 is 1.95 bits per heavy atom. The molecule has 4 nitrogen and oxygen atoms in total. The Morgan fingerprint density at radius 3 is 2.71 bits per heavy atom. The number of hydrogen-bond donors (Lipinski definition) is 2. The highest BCUT2D eigenvalue weighted by Crippen LogP contribution is 2.38. The molecule has 0 saturated heterocycles. The minimum Gasteiger partial charge on any atom is -0.497 e. The van der Waals surface area contributed by atoms with Crippen LogP contribution in [0.4, 0.5) is 5.69 Å². The first-order valence-corrected chi connectivity index (χ1v) is 7.00.